The van der Waals surface area contributed by atoms with Crippen LogP contribution in [0.5, 0.6) is 0 Å². The van der Waals surface area contributed by atoms with Gasteiger partial charge < -0.3 is 10.2 Å². The number of hydrogen-bond donors (Lipinski definition) is 1. The van der Waals surface area contributed by atoms with E-state index < -0.39 is 0 Å². The monoisotopic (exact) mass is 278 g/mol. The summed E-state index contributed by atoms with van der Waals surface area (Å²) >= 11 is 0. The predicted molar refractivity (Wildman–Crippen MR) is 86.5 cm³/mol. The molecular weight excluding hydrogens is 248 g/mol. The van der Waals surface area contributed by atoms with Crippen molar-refractivity contribution in [1.82, 2.24) is 15.3 Å². The van der Waals surface area contributed by atoms with Gasteiger partial charge >= 0.3 is 0 Å². The zero-order chi connectivity index (χ0) is 15.5. The van der Waals surface area contributed by atoms with Crippen LogP contribution in [0.2, 0.25) is 0 Å². The molecule has 4 nitrogen and oxygen atoms in total. The fourth-order valence-electron chi connectivity index (χ4n) is 2.12. The maximum atomic E-state index is 4.59. The third-order valence-electron chi connectivity index (χ3n) is 3.34. The van der Waals surface area contributed by atoms with E-state index in [0.29, 0.717) is 5.92 Å². The molecule has 0 amide bonds. The van der Waals surface area contributed by atoms with Crippen LogP contribution in [-0.4, -0.2) is 36.1 Å². The maximum Gasteiger partial charge on any atom is 0.225 e. The molecule has 1 aromatic rings. The Morgan fingerprint density at radius 2 is 1.60 bits per heavy atom. The Bertz CT molecular complexity index is 423. The van der Waals surface area contributed by atoms with Crippen molar-refractivity contribution in [1.29, 1.82) is 0 Å². The molecule has 0 aliphatic carbocycles. The Labute approximate surface area is 124 Å². The summed E-state index contributed by atoms with van der Waals surface area (Å²) in [4.78, 5) is 11.1. The molecule has 1 N–H and O–H groups in total. The summed E-state index contributed by atoms with van der Waals surface area (Å²) in [5.41, 5.74) is 3.66. The molecule has 1 heterocycles. The third kappa shape index (κ3) is 5.08. The van der Waals surface area contributed by atoms with Crippen molar-refractivity contribution in [2.45, 2.75) is 53.5 Å². The first kappa shape index (κ1) is 16.9. The average molecular weight is 278 g/mol. The number of nitrogens with one attached hydrogen (secondary N) is 1. The molecule has 20 heavy (non-hydrogen) atoms. The smallest absolute Gasteiger partial charge is 0.225 e. The van der Waals surface area contributed by atoms with Crippen LogP contribution in [0.25, 0.3) is 0 Å². The van der Waals surface area contributed by atoms with E-state index in [-0.39, 0.29) is 5.54 Å². The Hall–Kier alpha value is -1.16. The highest BCUT2D eigenvalue weighted by Crippen LogP contribution is 2.18. The Kier molecular flexibility index (Phi) is 5.51. The van der Waals surface area contributed by atoms with Gasteiger partial charge in [0.05, 0.1) is 0 Å². The molecule has 0 aliphatic rings. The number of aryl methyl sites for hydroxylation is 2. The first-order chi connectivity index (χ1) is 9.10. The summed E-state index contributed by atoms with van der Waals surface area (Å²) in [6.45, 7) is 14.1. The van der Waals surface area contributed by atoms with Gasteiger partial charge in [-0.25, -0.2) is 9.97 Å². The number of rotatable bonds is 5. The lowest BCUT2D eigenvalue weighted by Gasteiger charge is -2.24. The summed E-state index contributed by atoms with van der Waals surface area (Å²) in [6.07, 6.45) is 1.02. The quantitative estimate of drug-likeness (QED) is 0.899. The van der Waals surface area contributed by atoms with Crippen LogP contribution < -0.4 is 10.2 Å². The average Bonchev–Trinajstić information content (AvgIpc) is 2.30. The minimum Gasteiger partial charge on any atom is -0.347 e. The number of hydrogen-bond acceptors (Lipinski definition) is 4. The molecule has 114 valence electrons. The molecule has 0 aromatic carbocycles. The molecule has 0 fully saturated rings. The van der Waals surface area contributed by atoms with Gasteiger partial charge in [-0.05, 0) is 59.1 Å². The zero-order valence-corrected chi connectivity index (χ0v) is 14.3. The Balaban J connectivity index is 2.77. The highest BCUT2D eigenvalue weighted by molar-refractivity contribution is 5.35. The second-order valence-corrected chi connectivity index (χ2v) is 7.01. The van der Waals surface area contributed by atoms with E-state index in [0.717, 1.165) is 30.3 Å². The normalized spacial score (nSPS) is 13.4. The van der Waals surface area contributed by atoms with Crippen LogP contribution in [-0.2, 0) is 6.42 Å². The number of nitrogens with zero attached hydrogens (tertiary/aromatic N) is 3. The van der Waals surface area contributed by atoms with E-state index >= 15 is 0 Å². The summed E-state index contributed by atoms with van der Waals surface area (Å²) in [5, 5.41) is 3.56. The van der Waals surface area contributed by atoms with E-state index in [9.17, 15) is 0 Å². The van der Waals surface area contributed by atoms with Gasteiger partial charge in [0, 0.05) is 31.0 Å². The van der Waals surface area contributed by atoms with Crippen LogP contribution in [0.3, 0.4) is 0 Å². The first-order valence-electron chi connectivity index (χ1n) is 7.36. The lowest BCUT2D eigenvalue weighted by Crippen LogP contribution is -2.39. The van der Waals surface area contributed by atoms with Gasteiger partial charge in [0.1, 0.15) is 0 Å². The van der Waals surface area contributed by atoms with Crippen molar-refractivity contribution in [3.8, 4) is 0 Å². The van der Waals surface area contributed by atoms with E-state index in [1.165, 1.54) is 5.56 Å². The lowest BCUT2D eigenvalue weighted by molar-refractivity contribution is 0.381. The second kappa shape index (κ2) is 6.53. The van der Waals surface area contributed by atoms with E-state index in [2.05, 4.69) is 56.8 Å². The molecule has 1 rings (SSSR count). The van der Waals surface area contributed by atoms with Gasteiger partial charge in [0.15, 0.2) is 0 Å². The van der Waals surface area contributed by atoms with Gasteiger partial charge in [-0.3, -0.25) is 0 Å². The minimum atomic E-state index is 0.170. The highest BCUT2D eigenvalue weighted by atomic mass is 15.2. The number of aromatic nitrogens is 2. The van der Waals surface area contributed by atoms with Gasteiger partial charge in [-0.1, -0.05) is 6.92 Å². The summed E-state index contributed by atoms with van der Waals surface area (Å²) in [6, 6.07) is 0. The lowest BCUT2D eigenvalue weighted by atomic mass is 9.97. The SMILES string of the molecule is Cc1nc(N(C)C)nc(C)c1CC(C)CNC(C)(C)C. The highest BCUT2D eigenvalue weighted by Gasteiger charge is 2.15. The van der Waals surface area contributed by atoms with Crippen molar-refractivity contribution < 1.29 is 0 Å². The molecule has 0 saturated heterocycles. The van der Waals surface area contributed by atoms with E-state index in [1.807, 2.05) is 19.0 Å². The zero-order valence-electron chi connectivity index (χ0n) is 14.3. The largest absolute Gasteiger partial charge is 0.347 e. The standard InChI is InChI=1S/C16H30N4/c1-11(10-17-16(4,5)6)9-14-12(2)18-15(20(7)8)19-13(14)3/h11,17H,9-10H2,1-8H3. The fourth-order valence-corrected chi connectivity index (χ4v) is 2.12. The molecular formula is C16H30N4. The van der Waals surface area contributed by atoms with Crippen molar-refractivity contribution in [3.63, 3.8) is 0 Å². The summed E-state index contributed by atoms with van der Waals surface area (Å²) < 4.78 is 0. The van der Waals surface area contributed by atoms with Crippen LogP contribution in [0.15, 0.2) is 0 Å². The second-order valence-electron chi connectivity index (χ2n) is 7.01. The molecule has 0 radical (unpaired) electrons. The van der Waals surface area contributed by atoms with Crippen LogP contribution in [0, 0.1) is 19.8 Å². The van der Waals surface area contributed by atoms with E-state index in [1.54, 1.807) is 0 Å². The molecule has 1 unspecified atom stereocenters. The van der Waals surface area contributed by atoms with Gasteiger partial charge in [0.2, 0.25) is 5.95 Å². The first-order valence-corrected chi connectivity index (χ1v) is 7.36. The van der Waals surface area contributed by atoms with Gasteiger partial charge in [0.25, 0.3) is 0 Å². The Morgan fingerprint density at radius 3 is 2.00 bits per heavy atom. The third-order valence-corrected chi connectivity index (χ3v) is 3.34. The molecule has 1 atom stereocenters. The maximum absolute atomic E-state index is 4.59. The van der Waals surface area contributed by atoms with Gasteiger partial charge in [-0.2, -0.15) is 0 Å². The molecule has 0 saturated carbocycles. The van der Waals surface area contributed by atoms with E-state index in [4.69, 9.17) is 0 Å². The fraction of sp³-hybridized carbons (Fsp3) is 0.750. The van der Waals surface area contributed by atoms with Crippen molar-refractivity contribution in [3.05, 3.63) is 17.0 Å². The molecule has 0 bridgehead atoms. The topological polar surface area (TPSA) is 41.1 Å². The van der Waals surface area contributed by atoms with Crippen molar-refractivity contribution >= 4 is 5.95 Å². The summed E-state index contributed by atoms with van der Waals surface area (Å²) in [7, 11) is 3.95. The Morgan fingerprint density at radius 1 is 1.10 bits per heavy atom. The number of anilines is 1. The molecule has 1 aromatic heterocycles. The van der Waals surface area contributed by atoms with Crippen molar-refractivity contribution in [2.75, 3.05) is 25.5 Å². The van der Waals surface area contributed by atoms with Crippen LogP contribution in [0.4, 0.5) is 5.95 Å². The molecule has 0 aliphatic heterocycles. The van der Waals surface area contributed by atoms with Crippen LogP contribution in [0.1, 0.15) is 44.6 Å². The molecule has 0 spiro atoms. The predicted octanol–water partition coefficient (Wildman–Crippen LogP) is 2.73. The summed E-state index contributed by atoms with van der Waals surface area (Å²) in [5.74, 6) is 1.37. The van der Waals surface area contributed by atoms with Crippen molar-refractivity contribution in [2.24, 2.45) is 5.92 Å². The van der Waals surface area contributed by atoms with Gasteiger partial charge in [-0.15, -0.1) is 0 Å². The van der Waals surface area contributed by atoms with Crippen LogP contribution >= 0.6 is 0 Å². The molecule has 4 heteroatoms. The minimum absolute atomic E-state index is 0.170.